The summed E-state index contributed by atoms with van der Waals surface area (Å²) in [6.07, 6.45) is -0.0320. The highest BCUT2D eigenvalue weighted by molar-refractivity contribution is 5.68. The summed E-state index contributed by atoms with van der Waals surface area (Å²) in [6.45, 7) is 1.36. The highest BCUT2D eigenvalue weighted by atomic mass is 19.1. The molecule has 2 N–H and O–H groups in total. The molecule has 1 unspecified atom stereocenters. The van der Waals surface area contributed by atoms with E-state index >= 15 is 0 Å². The van der Waals surface area contributed by atoms with E-state index < -0.39 is 12.1 Å². The monoisotopic (exact) mass is 172 g/mol. The Balaban J connectivity index is 2.70. The Bertz CT molecular complexity index is 283. The molecule has 1 rings (SSSR count). The van der Waals surface area contributed by atoms with Gasteiger partial charge >= 0.3 is 5.97 Å². The van der Waals surface area contributed by atoms with Crippen molar-refractivity contribution in [2.75, 3.05) is 0 Å². The number of carboxylic acid groups (broad SMARTS) is 1. The van der Waals surface area contributed by atoms with Crippen molar-refractivity contribution < 1.29 is 14.3 Å². The van der Waals surface area contributed by atoms with Crippen LogP contribution < -0.4 is 0 Å². The number of nitrogens with one attached hydrogen (secondary N) is 1. The molecule has 1 aromatic heterocycles. The fraction of sp³-hybridized carbons (Fsp3) is 0.429. The van der Waals surface area contributed by atoms with Crippen LogP contribution in [0.1, 0.15) is 24.6 Å². The van der Waals surface area contributed by atoms with Crippen LogP contribution in [0.4, 0.5) is 4.39 Å². The van der Waals surface area contributed by atoms with Gasteiger partial charge in [0.2, 0.25) is 0 Å². The molecule has 0 aromatic carbocycles. The molecular weight excluding hydrogens is 163 g/mol. The number of rotatable bonds is 3. The number of carbonyl (C=O) groups is 1. The van der Waals surface area contributed by atoms with Gasteiger partial charge < -0.3 is 10.1 Å². The third-order valence-electron chi connectivity index (χ3n) is 1.40. The first-order valence-corrected chi connectivity index (χ1v) is 3.49. The molecule has 0 saturated heterocycles. The van der Waals surface area contributed by atoms with Crippen LogP contribution in [-0.4, -0.2) is 21.0 Å². The molecule has 0 aliphatic carbocycles. The van der Waals surface area contributed by atoms with E-state index in [1.807, 2.05) is 0 Å². The molecule has 1 atom stereocenters. The lowest BCUT2D eigenvalue weighted by atomic mass is 10.3. The van der Waals surface area contributed by atoms with Gasteiger partial charge in [0.25, 0.3) is 0 Å². The summed E-state index contributed by atoms with van der Waals surface area (Å²) in [5.74, 6) is -0.704. The van der Waals surface area contributed by atoms with E-state index in [4.69, 9.17) is 5.11 Å². The normalized spacial score (nSPS) is 12.8. The summed E-state index contributed by atoms with van der Waals surface area (Å²) in [4.78, 5) is 16.5. The first-order chi connectivity index (χ1) is 5.59. The van der Waals surface area contributed by atoms with Gasteiger partial charge in [0.05, 0.1) is 11.9 Å². The highest BCUT2D eigenvalue weighted by Crippen LogP contribution is 2.13. The molecule has 0 radical (unpaired) electrons. The Morgan fingerprint density at radius 2 is 2.58 bits per heavy atom. The molecule has 1 heterocycles. The second-order valence-corrected chi connectivity index (χ2v) is 2.47. The maximum Gasteiger partial charge on any atom is 0.311 e. The van der Waals surface area contributed by atoms with E-state index in [2.05, 4.69) is 9.97 Å². The molecule has 12 heavy (non-hydrogen) atoms. The Kier molecular flexibility index (Phi) is 2.42. The van der Waals surface area contributed by atoms with E-state index in [0.717, 1.165) is 0 Å². The van der Waals surface area contributed by atoms with E-state index in [9.17, 15) is 9.18 Å². The summed E-state index contributed by atoms with van der Waals surface area (Å²) < 4.78 is 12.6. The van der Waals surface area contributed by atoms with Gasteiger partial charge in [-0.05, 0) is 6.92 Å². The van der Waals surface area contributed by atoms with Crippen molar-refractivity contribution in [1.82, 2.24) is 9.97 Å². The summed E-state index contributed by atoms with van der Waals surface area (Å²) in [6, 6.07) is 0. The number of hydrogen-bond acceptors (Lipinski definition) is 2. The molecule has 5 heteroatoms. The first kappa shape index (κ1) is 8.70. The molecule has 0 fully saturated rings. The minimum atomic E-state index is -1.14. The number of halogens is 1. The average Bonchev–Trinajstić information content (AvgIpc) is 2.34. The molecule has 0 saturated carbocycles. The Labute approximate surface area is 68.4 Å². The van der Waals surface area contributed by atoms with E-state index in [1.54, 1.807) is 0 Å². The van der Waals surface area contributed by atoms with Crippen molar-refractivity contribution in [1.29, 1.82) is 0 Å². The lowest BCUT2D eigenvalue weighted by molar-refractivity contribution is -0.136. The minimum absolute atomic E-state index is 0.202. The summed E-state index contributed by atoms with van der Waals surface area (Å²) >= 11 is 0. The number of hydrogen-bond donors (Lipinski definition) is 2. The van der Waals surface area contributed by atoms with Crippen molar-refractivity contribution in [3.63, 3.8) is 0 Å². The molecule has 1 aromatic rings. The number of carboxylic acids is 1. The SMILES string of the molecule is CC(F)c1cnc(CC(=O)O)[nH]1. The van der Waals surface area contributed by atoms with Crippen LogP contribution in [0.2, 0.25) is 0 Å². The predicted octanol–water partition coefficient (Wildman–Crippen LogP) is 1.07. The number of H-pyrrole nitrogens is 1. The van der Waals surface area contributed by atoms with Gasteiger partial charge in [0, 0.05) is 0 Å². The van der Waals surface area contributed by atoms with Crippen molar-refractivity contribution in [2.45, 2.75) is 19.5 Å². The van der Waals surface area contributed by atoms with Crippen LogP contribution in [0.25, 0.3) is 0 Å². The van der Waals surface area contributed by atoms with Crippen LogP contribution in [0.5, 0.6) is 0 Å². The van der Waals surface area contributed by atoms with Crippen LogP contribution in [0, 0.1) is 0 Å². The first-order valence-electron chi connectivity index (χ1n) is 3.49. The Morgan fingerprint density at radius 1 is 1.92 bits per heavy atom. The molecule has 0 aliphatic heterocycles. The fourth-order valence-corrected chi connectivity index (χ4v) is 0.814. The van der Waals surface area contributed by atoms with Gasteiger partial charge in [-0.1, -0.05) is 0 Å². The predicted molar refractivity (Wildman–Crippen MR) is 39.5 cm³/mol. The second kappa shape index (κ2) is 3.34. The van der Waals surface area contributed by atoms with Crippen LogP contribution in [0.15, 0.2) is 6.20 Å². The molecule has 0 spiro atoms. The van der Waals surface area contributed by atoms with Gasteiger partial charge in [-0.25, -0.2) is 9.37 Å². The fourth-order valence-electron chi connectivity index (χ4n) is 0.814. The second-order valence-electron chi connectivity index (χ2n) is 2.47. The van der Waals surface area contributed by atoms with Gasteiger partial charge in [0.1, 0.15) is 18.4 Å². The molecule has 4 nitrogen and oxygen atoms in total. The largest absolute Gasteiger partial charge is 0.481 e. The Hall–Kier alpha value is -1.39. The lowest BCUT2D eigenvalue weighted by Crippen LogP contribution is -2.01. The van der Waals surface area contributed by atoms with E-state index in [-0.39, 0.29) is 12.2 Å². The topological polar surface area (TPSA) is 66.0 Å². The zero-order chi connectivity index (χ0) is 9.14. The molecule has 0 aliphatic rings. The minimum Gasteiger partial charge on any atom is -0.481 e. The third-order valence-corrected chi connectivity index (χ3v) is 1.40. The maximum absolute atomic E-state index is 12.6. The maximum atomic E-state index is 12.6. The van der Waals surface area contributed by atoms with Gasteiger partial charge in [-0.3, -0.25) is 4.79 Å². The van der Waals surface area contributed by atoms with Crippen molar-refractivity contribution in [3.8, 4) is 0 Å². The van der Waals surface area contributed by atoms with Crippen molar-refractivity contribution >= 4 is 5.97 Å². The molecule has 0 amide bonds. The summed E-state index contributed by atoms with van der Waals surface area (Å²) in [5.41, 5.74) is 0.311. The van der Waals surface area contributed by atoms with Crippen LogP contribution in [-0.2, 0) is 11.2 Å². The smallest absolute Gasteiger partial charge is 0.311 e. The average molecular weight is 172 g/mol. The standard InChI is InChI=1S/C7H9FN2O2/c1-4(8)5-3-9-6(10-5)2-7(11)12/h3-4H,2H2,1H3,(H,9,10)(H,11,12). The lowest BCUT2D eigenvalue weighted by Gasteiger charge is -1.94. The van der Waals surface area contributed by atoms with E-state index in [1.165, 1.54) is 13.1 Å². The van der Waals surface area contributed by atoms with Gasteiger partial charge in [-0.15, -0.1) is 0 Å². The molecule has 0 bridgehead atoms. The quantitative estimate of drug-likeness (QED) is 0.716. The number of alkyl halides is 1. The highest BCUT2D eigenvalue weighted by Gasteiger charge is 2.08. The van der Waals surface area contributed by atoms with Crippen LogP contribution >= 0.6 is 0 Å². The number of nitrogens with zero attached hydrogens (tertiary/aromatic N) is 1. The number of aromatic amines is 1. The Morgan fingerprint density at radius 3 is 3.00 bits per heavy atom. The van der Waals surface area contributed by atoms with Crippen molar-refractivity contribution in [2.24, 2.45) is 0 Å². The summed E-state index contributed by atoms with van der Waals surface area (Å²) in [5, 5.41) is 8.36. The number of imidazole rings is 1. The van der Waals surface area contributed by atoms with Crippen LogP contribution in [0.3, 0.4) is 0 Å². The van der Waals surface area contributed by atoms with Crippen molar-refractivity contribution in [3.05, 3.63) is 17.7 Å². The zero-order valence-corrected chi connectivity index (χ0v) is 6.54. The molecular formula is C7H9FN2O2. The van der Waals surface area contributed by atoms with Gasteiger partial charge in [0.15, 0.2) is 0 Å². The molecule has 66 valence electrons. The summed E-state index contributed by atoms with van der Waals surface area (Å²) in [7, 11) is 0. The van der Waals surface area contributed by atoms with E-state index in [0.29, 0.717) is 5.69 Å². The zero-order valence-electron chi connectivity index (χ0n) is 6.54. The number of aromatic nitrogens is 2. The number of aliphatic carboxylic acids is 1. The third kappa shape index (κ3) is 2.05. The van der Waals surface area contributed by atoms with Gasteiger partial charge in [-0.2, -0.15) is 0 Å².